The number of fused-ring (bicyclic) bond motifs is 1. The summed E-state index contributed by atoms with van der Waals surface area (Å²) >= 11 is 0. The lowest BCUT2D eigenvalue weighted by Crippen LogP contribution is -2.26. The molecule has 4 nitrogen and oxygen atoms in total. The number of Topliss-reactive ketones (excluding diaryl/α,β-unsaturated/α-hetero) is 1. The number of ketones is 1. The number of aromatic nitrogens is 1. The van der Waals surface area contributed by atoms with Crippen LogP contribution in [-0.4, -0.2) is 23.3 Å². The predicted octanol–water partition coefficient (Wildman–Crippen LogP) is 2.79. The molecule has 1 fully saturated rings. The molecule has 1 aromatic heterocycles. The van der Waals surface area contributed by atoms with Crippen molar-refractivity contribution in [1.29, 1.82) is 0 Å². The quantitative estimate of drug-likeness (QED) is 0.689. The lowest BCUT2D eigenvalue weighted by Gasteiger charge is -2.16. The number of para-hydroxylation sites is 1. The monoisotopic (exact) mass is 271 g/mol. The summed E-state index contributed by atoms with van der Waals surface area (Å²) in [5.41, 5.74) is 2.08. The summed E-state index contributed by atoms with van der Waals surface area (Å²) < 4.78 is 5.07. The van der Waals surface area contributed by atoms with E-state index in [1.807, 2.05) is 30.5 Å². The molecule has 2 aromatic rings. The van der Waals surface area contributed by atoms with E-state index in [4.69, 9.17) is 4.74 Å². The van der Waals surface area contributed by atoms with Crippen LogP contribution in [0.25, 0.3) is 10.9 Å². The van der Waals surface area contributed by atoms with Crippen molar-refractivity contribution >= 4 is 22.7 Å². The molecule has 1 aliphatic rings. The van der Waals surface area contributed by atoms with E-state index in [9.17, 15) is 9.59 Å². The third kappa shape index (κ3) is 2.01. The molecule has 1 saturated carbocycles. The molecule has 1 N–H and O–H groups in total. The van der Waals surface area contributed by atoms with Gasteiger partial charge in [0.15, 0.2) is 0 Å². The largest absolute Gasteiger partial charge is 0.465 e. The lowest BCUT2D eigenvalue weighted by molar-refractivity contribution is -0.151. The molecule has 0 spiro atoms. The minimum atomic E-state index is -0.644. The van der Waals surface area contributed by atoms with Crippen LogP contribution in [0.3, 0.4) is 0 Å². The summed E-state index contributed by atoms with van der Waals surface area (Å²) in [6.45, 7) is 2.07. The third-order valence-corrected chi connectivity index (χ3v) is 4.01. The maximum Gasteiger partial charge on any atom is 0.317 e. The zero-order valence-electron chi connectivity index (χ0n) is 11.4. The van der Waals surface area contributed by atoms with Gasteiger partial charge in [0.25, 0.3) is 0 Å². The van der Waals surface area contributed by atoms with Crippen LogP contribution < -0.4 is 0 Å². The first-order chi connectivity index (χ1) is 9.72. The van der Waals surface area contributed by atoms with Gasteiger partial charge in [0.1, 0.15) is 11.7 Å². The third-order valence-electron chi connectivity index (χ3n) is 4.01. The highest BCUT2D eigenvalue weighted by molar-refractivity contribution is 6.02. The minimum Gasteiger partial charge on any atom is -0.465 e. The number of nitrogens with one attached hydrogen (secondary N) is 1. The van der Waals surface area contributed by atoms with Crippen LogP contribution in [0.1, 0.15) is 31.2 Å². The smallest absolute Gasteiger partial charge is 0.317 e. The second kappa shape index (κ2) is 5.12. The fourth-order valence-corrected chi connectivity index (χ4v) is 3.11. The van der Waals surface area contributed by atoms with Crippen LogP contribution in [0, 0.1) is 5.92 Å². The van der Waals surface area contributed by atoms with Crippen LogP contribution in [0.15, 0.2) is 30.5 Å². The molecule has 0 unspecified atom stereocenters. The molecular weight excluding hydrogens is 254 g/mol. The number of rotatable bonds is 3. The van der Waals surface area contributed by atoms with Gasteiger partial charge in [-0.25, -0.2) is 0 Å². The van der Waals surface area contributed by atoms with Crippen molar-refractivity contribution in [2.24, 2.45) is 5.92 Å². The Bertz CT molecular complexity index is 659. The average Bonchev–Trinajstić information content (AvgIpc) is 3.02. The number of carbonyl (C=O) groups excluding carboxylic acids is 2. The topological polar surface area (TPSA) is 59.2 Å². The van der Waals surface area contributed by atoms with Crippen molar-refractivity contribution in [3.63, 3.8) is 0 Å². The second-order valence-corrected chi connectivity index (χ2v) is 5.13. The normalized spacial score (nSPS) is 22.4. The summed E-state index contributed by atoms with van der Waals surface area (Å²) in [4.78, 5) is 27.3. The first-order valence-electron chi connectivity index (χ1n) is 6.97. The molecule has 3 rings (SSSR count). The van der Waals surface area contributed by atoms with Crippen molar-refractivity contribution in [3.8, 4) is 0 Å². The first-order valence-corrected chi connectivity index (χ1v) is 6.97. The van der Waals surface area contributed by atoms with Gasteiger partial charge in [-0.1, -0.05) is 18.2 Å². The molecule has 4 heteroatoms. The SMILES string of the molecule is CCOC(=O)[C@H]1C(=O)CC[C@@H]1c1c[nH]c2ccccc12. The zero-order valence-corrected chi connectivity index (χ0v) is 11.4. The number of benzene rings is 1. The van der Waals surface area contributed by atoms with E-state index in [0.29, 0.717) is 19.4 Å². The van der Waals surface area contributed by atoms with Crippen LogP contribution >= 0.6 is 0 Å². The van der Waals surface area contributed by atoms with Gasteiger partial charge in [-0.05, 0) is 25.0 Å². The molecule has 1 heterocycles. The number of H-pyrrole nitrogens is 1. The van der Waals surface area contributed by atoms with Gasteiger partial charge in [0, 0.05) is 29.4 Å². The van der Waals surface area contributed by atoms with Gasteiger partial charge in [0.05, 0.1) is 6.61 Å². The van der Waals surface area contributed by atoms with Gasteiger partial charge in [0.2, 0.25) is 0 Å². The maximum atomic E-state index is 12.0. The number of carbonyl (C=O) groups is 2. The number of hydrogen-bond donors (Lipinski definition) is 1. The summed E-state index contributed by atoms with van der Waals surface area (Å²) in [7, 11) is 0. The molecule has 0 amide bonds. The zero-order chi connectivity index (χ0) is 14.1. The Morgan fingerprint density at radius 1 is 1.40 bits per heavy atom. The Morgan fingerprint density at radius 2 is 2.20 bits per heavy atom. The minimum absolute atomic E-state index is 0.00117. The van der Waals surface area contributed by atoms with E-state index < -0.39 is 5.92 Å². The van der Waals surface area contributed by atoms with Gasteiger partial charge in [-0.15, -0.1) is 0 Å². The van der Waals surface area contributed by atoms with Crippen molar-refractivity contribution < 1.29 is 14.3 Å². The van der Waals surface area contributed by atoms with Crippen LogP contribution in [0.5, 0.6) is 0 Å². The van der Waals surface area contributed by atoms with E-state index in [1.54, 1.807) is 6.92 Å². The maximum absolute atomic E-state index is 12.0. The molecule has 0 saturated heterocycles. The molecule has 1 aromatic carbocycles. The number of hydrogen-bond acceptors (Lipinski definition) is 3. The number of esters is 1. The molecule has 20 heavy (non-hydrogen) atoms. The Hall–Kier alpha value is -2.10. The summed E-state index contributed by atoms with van der Waals surface area (Å²) in [6, 6.07) is 7.95. The molecule has 1 aliphatic carbocycles. The van der Waals surface area contributed by atoms with Gasteiger partial charge in [-0.2, -0.15) is 0 Å². The number of ether oxygens (including phenoxy) is 1. The highest BCUT2D eigenvalue weighted by Gasteiger charge is 2.42. The van der Waals surface area contributed by atoms with E-state index in [0.717, 1.165) is 16.5 Å². The summed E-state index contributed by atoms with van der Waals surface area (Å²) in [6.07, 6.45) is 3.08. The fourth-order valence-electron chi connectivity index (χ4n) is 3.11. The van der Waals surface area contributed by atoms with Gasteiger partial charge in [-0.3, -0.25) is 9.59 Å². The van der Waals surface area contributed by atoms with E-state index >= 15 is 0 Å². The predicted molar refractivity (Wildman–Crippen MR) is 75.4 cm³/mol. The molecule has 104 valence electrons. The van der Waals surface area contributed by atoms with Crippen LogP contribution in [-0.2, 0) is 14.3 Å². The summed E-state index contributed by atoms with van der Waals surface area (Å²) in [5, 5.41) is 1.08. The molecule has 0 aliphatic heterocycles. The van der Waals surface area contributed by atoms with Crippen molar-refractivity contribution in [2.45, 2.75) is 25.7 Å². The fraction of sp³-hybridized carbons (Fsp3) is 0.375. The van der Waals surface area contributed by atoms with Crippen molar-refractivity contribution in [2.75, 3.05) is 6.61 Å². The van der Waals surface area contributed by atoms with Crippen molar-refractivity contribution in [1.82, 2.24) is 4.98 Å². The van der Waals surface area contributed by atoms with E-state index in [-0.39, 0.29) is 17.7 Å². The second-order valence-electron chi connectivity index (χ2n) is 5.13. The van der Waals surface area contributed by atoms with Gasteiger partial charge >= 0.3 is 5.97 Å². The van der Waals surface area contributed by atoms with Crippen LogP contribution in [0.4, 0.5) is 0 Å². The Kier molecular flexibility index (Phi) is 3.30. The Balaban J connectivity index is 2.00. The molecule has 2 atom stereocenters. The summed E-state index contributed by atoms with van der Waals surface area (Å²) in [5.74, 6) is -1.10. The average molecular weight is 271 g/mol. The Morgan fingerprint density at radius 3 is 3.00 bits per heavy atom. The van der Waals surface area contributed by atoms with E-state index in [1.165, 1.54) is 0 Å². The molecule has 0 bridgehead atoms. The lowest BCUT2D eigenvalue weighted by atomic mass is 9.88. The van der Waals surface area contributed by atoms with E-state index in [2.05, 4.69) is 4.98 Å². The first kappa shape index (κ1) is 12.9. The highest BCUT2D eigenvalue weighted by atomic mass is 16.5. The Labute approximate surface area is 117 Å². The standard InChI is InChI=1S/C16H17NO3/c1-2-20-16(19)15-11(7-8-14(15)18)12-9-17-13-6-4-3-5-10(12)13/h3-6,9,11,15,17H,2,7-8H2,1H3/t11-,15-/m1/s1. The molecular formula is C16H17NO3. The number of aromatic amines is 1. The van der Waals surface area contributed by atoms with Crippen LogP contribution in [0.2, 0.25) is 0 Å². The van der Waals surface area contributed by atoms with Gasteiger partial charge < -0.3 is 9.72 Å². The van der Waals surface area contributed by atoms with Crippen molar-refractivity contribution in [3.05, 3.63) is 36.0 Å². The molecule has 0 radical (unpaired) electrons. The highest BCUT2D eigenvalue weighted by Crippen LogP contribution is 2.40.